The van der Waals surface area contributed by atoms with E-state index in [1.54, 1.807) is 24.3 Å². The zero-order chi connectivity index (χ0) is 18.0. The number of fused-ring (bicyclic) bond motifs is 1. The van der Waals surface area contributed by atoms with Crippen LogP contribution >= 0.6 is 0 Å². The fraction of sp³-hybridized carbons (Fsp3) is 0.300. The average Bonchev–Trinajstić information content (AvgIpc) is 3.38. The van der Waals surface area contributed by atoms with Gasteiger partial charge in [0.25, 0.3) is 0 Å². The lowest BCUT2D eigenvalue weighted by Gasteiger charge is -2.06. The fourth-order valence-electron chi connectivity index (χ4n) is 3.04. The van der Waals surface area contributed by atoms with E-state index in [0.717, 1.165) is 29.4 Å². The van der Waals surface area contributed by atoms with Crippen molar-refractivity contribution in [1.82, 2.24) is 4.57 Å². The molecule has 2 aromatic rings. The largest absolute Gasteiger partial charge is 0.465 e. The van der Waals surface area contributed by atoms with Crippen LogP contribution in [0.25, 0.3) is 10.9 Å². The summed E-state index contributed by atoms with van der Waals surface area (Å²) in [6, 6.07) is 5.81. The molecule has 25 heavy (non-hydrogen) atoms. The predicted molar refractivity (Wildman–Crippen MR) is 95.9 cm³/mol. The lowest BCUT2D eigenvalue weighted by atomic mass is 10.1. The minimum Gasteiger partial charge on any atom is -0.465 e. The van der Waals surface area contributed by atoms with Crippen molar-refractivity contribution in [2.24, 2.45) is 0 Å². The predicted octanol–water partition coefficient (Wildman–Crippen LogP) is 4.11. The molecule has 0 aliphatic heterocycles. The Labute approximate surface area is 146 Å². The number of nitrogens with zero attached hydrogens (tertiary/aromatic N) is 1. The first-order valence-corrected chi connectivity index (χ1v) is 8.30. The zero-order valence-electron chi connectivity index (χ0n) is 14.6. The van der Waals surface area contributed by atoms with Crippen LogP contribution in [0.5, 0.6) is 5.75 Å². The molecule has 1 fully saturated rings. The number of methoxy groups -OCH3 is 1. The summed E-state index contributed by atoms with van der Waals surface area (Å²) in [5.74, 6) is -0.436. The van der Waals surface area contributed by atoms with Crippen LogP contribution in [-0.4, -0.2) is 23.6 Å². The number of carbonyl (C=O) groups excluding carboxylic acids is 2. The van der Waals surface area contributed by atoms with Crippen molar-refractivity contribution in [3.8, 4) is 5.75 Å². The Bertz CT molecular complexity index is 885. The Hall–Kier alpha value is -2.82. The lowest BCUT2D eigenvalue weighted by Crippen LogP contribution is -2.05. The second kappa shape index (κ2) is 6.97. The van der Waals surface area contributed by atoms with Gasteiger partial charge in [0, 0.05) is 28.7 Å². The van der Waals surface area contributed by atoms with E-state index in [1.165, 1.54) is 13.2 Å². The maximum atomic E-state index is 12.3. The molecule has 5 heteroatoms. The van der Waals surface area contributed by atoms with Crippen LogP contribution in [0.2, 0.25) is 0 Å². The minimum absolute atomic E-state index is 0.377. The quantitative estimate of drug-likeness (QED) is 0.356. The second-order valence-corrected chi connectivity index (χ2v) is 6.04. The van der Waals surface area contributed by atoms with Crippen LogP contribution in [0, 0.1) is 6.92 Å². The van der Waals surface area contributed by atoms with Gasteiger partial charge in [-0.2, -0.15) is 0 Å². The molecular weight excluding hydrogens is 318 g/mol. The number of hydrogen-bond acceptors (Lipinski definition) is 4. The maximum absolute atomic E-state index is 12.3. The van der Waals surface area contributed by atoms with E-state index in [1.807, 2.05) is 26.0 Å². The van der Waals surface area contributed by atoms with Crippen LogP contribution in [0.15, 0.2) is 42.5 Å². The van der Waals surface area contributed by atoms with Gasteiger partial charge < -0.3 is 14.0 Å². The summed E-state index contributed by atoms with van der Waals surface area (Å²) in [7, 11) is 1.37. The van der Waals surface area contributed by atoms with Crippen molar-refractivity contribution in [3.05, 3.63) is 53.8 Å². The molecule has 0 amide bonds. The number of ether oxygens (including phenoxy) is 2. The Kier molecular flexibility index (Phi) is 4.74. The smallest absolute Gasteiger partial charge is 0.340 e. The molecule has 0 bridgehead atoms. The van der Waals surface area contributed by atoms with E-state index in [0.29, 0.717) is 17.4 Å². The van der Waals surface area contributed by atoms with Gasteiger partial charge in [0.05, 0.1) is 12.7 Å². The van der Waals surface area contributed by atoms with Crippen LogP contribution in [-0.2, 0) is 9.53 Å². The van der Waals surface area contributed by atoms with E-state index >= 15 is 0 Å². The molecular formula is C20H21NO4. The molecule has 0 spiro atoms. The highest BCUT2D eigenvalue weighted by molar-refractivity contribution is 6.06. The van der Waals surface area contributed by atoms with Gasteiger partial charge in [-0.3, -0.25) is 0 Å². The Morgan fingerprint density at radius 3 is 2.64 bits per heavy atom. The third-order valence-corrected chi connectivity index (χ3v) is 4.28. The minimum atomic E-state index is -0.463. The second-order valence-electron chi connectivity index (χ2n) is 6.04. The molecule has 1 aliphatic rings. The van der Waals surface area contributed by atoms with E-state index in [4.69, 9.17) is 9.47 Å². The zero-order valence-corrected chi connectivity index (χ0v) is 14.6. The molecule has 1 saturated carbocycles. The van der Waals surface area contributed by atoms with E-state index < -0.39 is 5.97 Å². The van der Waals surface area contributed by atoms with E-state index in [2.05, 4.69) is 4.57 Å². The van der Waals surface area contributed by atoms with E-state index in [-0.39, 0.29) is 5.97 Å². The highest BCUT2D eigenvalue weighted by Crippen LogP contribution is 2.42. The van der Waals surface area contributed by atoms with E-state index in [9.17, 15) is 9.59 Å². The van der Waals surface area contributed by atoms with Crippen LogP contribution in [0.1, 0.15) is 41.9 Å². The van der Waals surface area contributed by atoms with Crippen molar-refractivity contribution < 1.29 is 19.1 Å². The summed E-state index contributed by atoms with van der Waals surface area (Å²) >= 11 is 0. The van der Waals surface area contributed by atoms with Crippen molar-refractivity contribution in [2.75, 3.05) is 7.11 Å². The van der Waals surface area contributed by atoms with Crippen molar-refractivity contribution >= 4 is 22.8 Å². The molecule has 1 aromatic heterocycles. The first kappa shape index (κ1) is 17.0. The SMILES string of the molecule is CC=CC=CC(=O)Oc1ccc2c(c1)c(C(=O)OC)c(C)n2C1CC1. The summed E-state index contributed by atoms with van der Waals surface area (Å²) < 4.78 is 12.5. The van der Waals surface area contributed by atoms with Crippen molar-refractivity contribution in [1.29, 1.82) is 0 Å². The Morgan fingerprint density at radius 1 is 1.24 bits per heavy atom. The van der Waals surface area contributed by atoms with Gasteiger partial charge in [-0.15, -0.1) is 0 Å². The van der Waals surface area contributed by atoms with Gasteiger partial charge in [0.15, 0.2) is 0 Å². The number of rotatable bonds is 5. The monoisotopic (exact) mass is 339 g/mol. The average molecular weight is 339 g/mol. The van der Waals surface area contributed by atoms with Gasteiger partial charge in [-0.25, -0.2) is 9.59 Å². The molecule has 0 atom stereocenters. The topological polar surface area (TPSA) is 57.5 Å². The molecule has 3 rings (SSSR count). The number of hydrogen-bond donors (Lipinski definition) is 0. The lowest BCUT2D eigenvalue weighted by molar-refractivity contribution is -0.128. The first-order chi connectivity index (χ1) is 12.1. The number of carbonyl (C=O) groups is 2. The summed E-state index contributed by atoms with van der Waals surface area (Å²) in [5.41, 5.74) is 2.39. The molecule has 0 saturated heterocycles. The molecule has 1 aromatic carbocycles. The maximum Gasteiger partial charge on any atom is 0.340 e. The summed E-state index contributed by atoms with van der Waals surface area (Å²) in [6.45, 7) is 3.79. The van der Waals surface area contributed by atoms with Crippen LogP contribution < -0.4 is 4.74 Å². The van der Waals surface area contributed by atoms with Gasteiger partial charge in [-0.05, 0) is 44.9 Å². The van der Waals surface area contributed by atoms with Crippen molar-refractivity contribution in [2.45, 2.75) is 32.7 Å². The standard InChI is InChI=1S/C20H21NO4/c1-4-5-6-7-18(22)25-15-10-11-17-16(12-15)19(20(23)24-3)13(2)21(17)14-8-9-14/h4-7,10-12,14H,8-9H2,1-3H3. The number of benzene rings is 1. The third kappa shape index (κ3) is 3.36. The number of aromatic nitrogens is 1. The molecule has 0 unspecified atom stereocenters. The normalized spacial score (nSPS) is 14.5. The molecule has 1 heterocycles. The molecule has 1 aliphatic carbocycles. The van der Waals surface area contributed by atoms with Gasteiger partial charge >= 0.3 is 11.9 Å². The molecule has 130 valence electrons. The number of allylic oxidation sites excluding steroid dienone is 3. The summed E-state index contributed by atoms with van der Waals surface area (Å²) in [5, 5.41) is 0.749. The van der Waals surface area contributed by atoms with Crippen molar-refractivity contribution in [3.63, 3.8) is 0 Å². The molecule has 0 N–H and O–H groups in total. The first-order valence-electron chi connectivity index (χ1n) is 8.30. The summed E-state index contributed by atoms with van der Waals surface area (Å²) in [6.07, 6.45) is 8.76. The highest BCUT2D eigenvalue weighted by atomic mass is 16.5. The number of esters is 2. The fourth-order valence-corrected chi connectivity index (χ4v) is 3.04. The Morgan fingerprint density at radius 2 is 2.00 bits per heavy atom. The van der Waals surface area contributed by atoms with Gasteiger partial charge in [0.2, 0.25) is 0 Å². The van der Waals surface area contributed by atoms with Crippen LogP contribution in [0.4, 0.5) is 0 Å². The molecule has 0 radical (unpaired) electrons. The third-order valence-electron chi connectivity index (χ3n) is 4.28. The van der Waals surface area contributed by atoms with Crippen LogP contribution in [0.3, 0.4) is 0 Å². The molecule has 5 nitrogen and oxygen atoms in total. The highest BCUT2D eigenvalue weighted by Gasteiger charge is 2.30. The Balaban J connectivity index is 2.01. The van der Waals surface area contributed by atoms with Gasteiger partial charge in [-0.1, -0.05) is 18.2 Å². The van der Waals surface area contributed by atoms with Gasteiger partial charge in [0.1, 0.15) is 5.75 Å². The summed E-state index contributed by atoms with van der Waals surface area (Å²) in [4.78, 5) is 24.1.